The average molecular weight is 434 g/mol. The zero-order chi connectivity index (χ0) is 23.3. The number of amides is 3. The minimum atomic E-state index is -0.673. The summed E-state index contributed by atoms with van der Waals surface area (Å²) in [7, 11) is 0. The molecule has 8 heteroatoms. The zero-order valence-corrected chi connectivity index (χ0v) is 19.7. The summed E-state index contributed by atoms with van der Waals surface area (Å²) in [5.74, 6) is -1.06. The third kappa shape index (κ3) is 9.89. The summed E-state index contributed by atoms with van der Waals surface area (Å²) < 4.78 is 0. The normalized spacial score (nSPS) is 14.5. The molecular weight excluding hydrogens is 394 g/mol. The third-order valence-corrected chi connectivity index (χ3v) is 5.20. The molecule has 174 valence electrons. The largest absolute Gasteiger partial charge is 0.342 e. The van der Waals surface area contributed by atoms with Crippen molar-refractivity contribution in [3.63, 3.8) is 0 Å². The van der Waals surface area contributed by atoms with Crippen molar-refractivity contribution in [3.05, 3.63) is 24.3 Å². The van der Waals surface area contributed by atoms with Crippen LogP contribution in [0.15, 0.2) is 18.6 Å². The van der Waals surface area contributed by atoms with Gasteiger partial charge in [0.2, 0.25) is 11.8 Å². The van der Waals surface area contributed by atoms with Crippen molar-refractivity contribution in [2.75, 3.05) is 19.6 Å². The molecule has 1 aliphatic carbocycles. The van der Waals surface area contributed by atoms with Gasteiger partial charge in [-0.2, -0.15) is 0 Å². The van der Waals surface area contributed by atoms with Gasteiger partial charge in [-0.25, -0.2) is 4.98 Å². The van der Waals surface area contributed by atoms with E-state index in [1.807, 2.05) is 34.6 Å². The minimum absolute atomic E-state index is 0.127. The molecule has 0 radical (unpaired) electrons. The Bertz CT molecular complexity index is 669. The maximum absolute atomic E-state index is 12.7. The van der Waals surface area contributed by atoms with Crippen molar-refractivity contribution in [1.82, 2.24) is 25.5 Å². The molecule has 0 bridgehead atoms. The highest BCUT2D eigenvalue weighted by Crippen LogP contribution is 2.21. The van der Waals surface area contributed by atoms with Gasteiger partial charge in [-0.05, 0) is 19.3 Å². The van der Waals surface area contributed by atoms with E-state index in [-0.39, 0.29) is 18.1 Å². The van der Waals surface area contributed by atoms with E-state index in [2.05, 4.69) is 20.6 Å². The number of hydrogen-bond donors (Lipinski definition) is 2. The van der Waals surface area contributed by atoms with Gasteiger partial charge >= 0.3 is 0 Å². The highest BCUT2D eigenvalue weighted by atomic mass is 16.2. The molecule has 2 N–H and O–H groups in total. The first-order valence-corrected chi connectivity index (χ1v) is 11.3. The molecule has 31 heavy (non-hydrogen) atoms. The number of rotatable bonds is 7. The first-order chi connectivity index (χ1) is 14.7. The lowest BCUT2D eigenvalue weighted by molar-refractivity contribution is -0.138. The molecule has 1 unspecified atom stereocenters. The molecule has 0 spiro atoms. The van der Waals surface area contributed by atoms with Gasteiger partial charge in [-0.3, -0.25) is 19.4 Å². The van der Waals surface area contributed by atoms with Gasteiger partial charge in [0.05, 0.1) is 12.7 Å². The van der Waals surface area contributed by atoms with Crippen molar-refractivity contribution in [2.24, 2.45) is 5.41 Å². The fourth-order valence-corrected chi connectivity index (χ4v) is 3.31. The smallest absolute Gasteiger partial charge is 0.271 e. The van der Waals surface area contributed by atoms with E-state index >= 15 is 0 Å². The van der Waals surface area contributed by atoms with Crippen LogP contribution in [0.3, 0.4) is 0 Å². The van der Waals surface area contributed by atoms with Crippen LogP contribution in [0.4, 0.5) is 0 Å². The molecule has 1 fully saturated rings. The number of carbonyl (C=O) groups is 3. The van der Waals surface area contributed by atoms with E-state index in [4.69, 9.17) is 0 Å². The standard InChI is InChI=1S/C17H27N5O3.C6H12/c1-6-22(7-2)16(25)14(17(3,4)5)21-13(23)11-20-15(24)12-10-18-8-9-19-12;1-2-4-6-5-3-1/h8-10,14H,6-7,11H2,1-5H3,(H,20,24)(H,21,23);1-6H2. The summed E-state index contributed by atoms with van der Waals surface area (Å²) >= 11 is 0. The van der Waals surface area contributed by atoms with Crippen molar-refractivity contribution in [3.8, 4) is 0 Å². The Morgan fingerprint density at radius 2 is 1.55 bits per heavy atom. The van der Waals surface area contributed by atoms with Crippen LogP contribution in [-0.4, -0.2) is 58.3 Å². The van der Waals surface area contributed by atoms with Crippen LogP contribution < -0.4 is 10.6 Å². The van der Waals surface area contributed by atoms with Gasteiger partial charge in [-0.1, -0.05) is 59.3 Å². The maximum atomic E-state index is 12.7. The second-order valence-corrected chi connectivity index (χ2v) is 8.77. The predicted molar refractivity (Wildman–Crippen MR) is 121 cm³/mol. The van der Waals surface area contributed by atoms with E-state index in [9.17, 15) is 14.4 Å². The highest BCUT2D eigenvalue weighted by Gasteiger charge is 2.34. The summed E-state index contributed by atoms with van der Waals surface area (Å²) in [6.07, 6.45) is 13.2. The van der Waals surface area contributed by atoms with Crippen LogP contribution in [0, 0.1) is 5.41 Å². The van der Waals surface area contributed by atoms with Gasteiger partial charge in [0.15, 0.2) is 0 Å². The monoisotopic (exact) mass is 433 g/mol. The first-order valence-electron chi connectivity index (χ1n) is 11.3. The SMILES string of the molecule is C1CCCCC1.CCN(CC)C(=O)C(NC(=O)CNC(=O)c1cnccn1)C(C)(C)C. The maximum Gasteiger partial charge on any atom is 0.271 e. The highest BCUT2D eigenvalue weighted by molar-refractivity contribution is 5.95. The van der Waals surface area contributed by atoms with Gasteiger partial charge in [0.25, 0.3) is 5.91 Å². The van der Waals surface area contributed by atoms with Gasteiger partial charge in [0, 0.05) is 25.5 Å². The zero-order valence-electron chi connectivity index (χ0n) is 19.7. The summed E-state index contributed by atoms with van der Waals surface area (Å²) in [6.45, 7) is 10.3. The van der Waals surface area contributed by atoms with E-state index < -0.39 is 23.3 Å². The molecule has 1 aliphatic rings. The molecule has 0 aliphatic heterocycles. The number of carbonyl (C=O) groups excluding carboxylic acids is 3. The topological polar surface area (TPSA) is 104 Å². The lowest BCUT2D eigenvalue weighted by Crippen LogP contribution is -2.56. The quantitative estimate of drug-likeness (QED) is 0.688. The Balaban J connectivity index is 0.000000683. The number of aromatic nitrogens is 2. The summed E-state index contributed by atoms with van der Waals surface area (Å²) in [4.78, 5) is 46.1. The van der Waals surface area contributed by atoms with Crippen LogP contribution in [0.1, 0.15) is 83.6 Å². The Hall–Kier alpha value is -2.51. The molecule has 0 saturated heterocycles. The molecule has 3 amide bonds. The number of likely N-dealkylation sites (N-methyl/N-ethyl adjacent to an activating group) is 1. The minimum Gasteiger partial charge on any atom is -0.342 e. The van der Waals surface area contributed by atoms with Crippen LogP contribution in [0.25, 0.3) is 0 Å². The van der Waals surface area contributed by atoms with Crippen molar-refractivity contribution in [1.29, 1.82) is 0 Å². The lowest BCUT2D eigenvalue weighted by Gasteiger charge is -2.34. The molecule has 1 saturated carbocycles. The van der Waals surface area contributed by atoms with Crippen LogP contribution in [0.5, 0.6) is 0 Å². The summed E-state index contributed by atoms with van der Waals surface area (Å²) in [6, 6.07) is -0.673. The molecule has 1 aromatic heterocycles. The average Bonchev–Trinajstić information content (AvgIpc) is 2.78. The number of nitrogens with one attached hydrogen (secondary N) is 2. The number of nitrogens with zero attached hydrogens (tertiary/aromatic N) is 3. The number of hydrogen-bond acceptors (Lipinski definition) is 5. The second-order valence-electron chi connectivity index (χ2n) is 8.77. The van der Waals surface area contributed by atoms with Gasteiger partial charge < -0.3 is 15.5 Å². The Morgan fingerprint density at radius 3 is 1.97 bits per heavy atom. The Kier molecular flexibility index (Phi) is 11.7. The molecular formula is C23H39N5O3. The van der Waals surface area contributed by atoms with Gasteiger partial charge in [-0.15, -0.1) is 0 Å². The lowest BCUT2D eigenvalue weighted by atomic mass is 9.85. The molecule has 8 nitrogen and oxygen atoms in total. The van der Waals surface area contributed by atoms with Crippen LogP contribution in [0.2, 0.25) is 0 Å². The Morgan fingerprint density at radius 1 is 1.00 bits per heavy atom. The fourth-order valence-electron chi connectivity index (χ4n) is 3.31. The molecule has 0 aromatic carbocycles. The van der Waals surface area contributed by atoms with Crippen LogP contribution in [-0.2, 0) is 9.59 Å². The second kappa shape index (κ2) is 13.7. The van der Waals surface area contributed by atoms with Crippen molar-refractivity contribution in [2.45, 2.75) is 79.2 Å². The first kappa shape index (κ1) is 26.5. The van der Waals surface area contributed by atoms with E-state index in [1.165, 1.54) is 57.1 Å². The molecule has 1 aromatic rings. The van der Waals surface area contributed by atoms with E-state index in [0.29, 0.717) is 13.1 Å². The van der Waals surface area contributed by atoms with Gasteiger partial charge in [0.1, 0.15) is 11.7 Å². The summed E-state index contributed by atoms with van der Waals surface area (Å²) in [5.41, 5.74) is -0.327. The Labute approximate surface area is 186 Å². The van der Waals surface area contributed by atoms with E-state index in [0.717, 1.165) is 0 Å². The van der Waals surface area contributed by atoms with Crippen LogP contribution >= 0.6 is 0 Å². The van der Waals surface area contributed by atoms with Crippen molar-refractivity contribution < 1.29 is 14.4 Å². The molecule has 1 heterocycles. The molecule has 2 rings (SSSR count). The van der Waals surface area contributed by atoms with E-state index in [1.54, 1.807) is 4.90 Å². The predicted octanol–water partition coefficient (Wildman–Crippen LogP) is 2.95. The summed E-state index contributed by atoms with van der Waals surface area (Å²) in [5, 5.41) is 5.21. The third-order valence-electron chi connectivity index (χ3n) is 5.20. The van der Waals surface area contributed by atoms with Crippen molar-refractivity contribution >= 4 is 17.7 Å². The fraction of sp³-hybridized carbons (Fsp3) is 0.696. The molecule has 1 atom stereocenters.